The predicted octanol–water partition coefficient (Wildman–Crippen LogP) is -2.78. The third kappa shape index (κ3) is 504. The summed E-state index contributed by atoms with van der Waals surface area (Å²) < 4.78 is 17.8. The molecule has 0 rings (SSSR count). The van der Waals surface area contributed by atoms with Crippen molar-refractivity contribution in [3.05, 3.63) is 0 Å². The van der Waals surface area contributed by atoms with E-state index in [4.69, 9.17) is 38.5 Å². The summed E-state index contributed by atoms with van der Waals surface area (Å²) in [4.78, 5) is 43.1. The molecule has 0 amide bonds. The molecule has 0 aliphatic carbocycles. The van der Waals surface area contributed by atoms with E-state index in [-0.39, 0.29) is 42.5 Å². The molecule has 0 saturated heterocycles. The van der Waals surface area contributed by atoms with E-state index in [1.54, 1.807) is 0 Å². The normalized spacial score (nSPS) is 9.83. The van der Waals surface area contributed by atoms with Crippen LogP contribution in [0.15, 0.2) is 0 Å². The molecule has 0 heterocycles. The van der Waals surface area contributed by atoms with Gasteiger partial charge in [-0.15, -0.1) is 0 Å². The van der Waals surface area contributed by atoms with Crippen molar-refractivity contribution in [2.75, 3.05) is 0 Å². The fraction of sp³-hybridized carbons (Fsp3) is 0. The van der Waals surface area contributed by atoms with Crippen LogP contribution in [0, 0.1) is 0 Å². The average molecular weight is 288 g/mol. The van der Waals surface area contributed by atoms with Crippen molar-refractivity contribution >= 4 is 38.7 Å². The average Bonchev–Trinajstić information content (AvgIpc) is 1.12. The molecule has 12 heteroatoms. The maximum Gasteiger partial charge on any atom is 0.466 e. The molecular weight excluding hydrogens is 280 g/mol. The monoisotopic (exact) mass is 286 g/mol. The zero-order valence-corrected chi connectivity index (χ0v) is 9.86. The Kier molecular flexibility index (Phi) is 17.9. The van der Waals surface area contributed by atoms with Crippen LogP contribution in [0.1, 0.15) is 0 Å². The van der Waals surface area contributed by atoms with Gasteiger partial charge in [0.2, 0.25) is 0 Å². The minimum Gasteiger partial charge on any atom is -0.303 e. The van der Waals surface area contributed by atoms with Crippen molar-refractivity contribution in [3.63, 3.8) is 0 Å². The summed E-state index contributed by atoms with van der Waals surface area (Å²) in [6.07, 6.45) is 0. The zero-order chi connectivity index (χ0) is 9.00. The van der Waals surface area contributed by atoms with Gasteiger partial charge < -0.3 is 29.4 Å². The van der Waals surface area contributed by atoms with Gasteiger partial charge in [-0.2, -0.15) is 0 Å². The van der Waals surface area contributed by atoms with Crippen LogP contribution in [0.5, 0.6) is 0 Å². The molecule has 0 fully saturated rings. The zero-order valence-electron chi connectivity index (χ0n) is 5.10. The summed E-state index contributed by atoms with van der Waals surface area (Å²) in [6.45, 7) is 0. The van der Waals surface area contributed by atoms with Gasteiger partial charge in [-0.25, -0.2) is 9.13 Å². The minimum atomic E-state index is -4.64. The largest absolute Gasteiger partial charge is 0.466 e. The molecule has 0 aliphatic rings. The molecule has 0 radical (unpaired) electrons. The fourth-order valence-corrected chi connectivity index (χ4v) is 0. The molecule has 8 nitrogen and oxygen atoms in total. The number of hydrogen-bond donors (Lipinski definition) is 6. The second kappa shape index (κ2) is 9.18. The molecule has 0 saturated carbocycles. The summed E-state index contributed by atoms with van der Waals surface area (Å²) >= 11 is 0. The maximum atomic E-state index is 8.88. The van der Waals surface area contributed by atoms with E-state index in [0.29, 0.717) is 0 Å². The topological polar surface area (TPSA) is 156 Å². The fourth-order valence-electron chi connectivity index (χ4n) is 0. The molecule has 0 aliphatic heterocycles. The van der Waals surface area contributed by atoms with Gasteiger partial charge in [0, 0.05) is 19.5 Å². The van der Waals surface area contributed by atoms with E-state index in [2.05, 4.69) is 0 Å². The molecule has 6 N–H and O–H groups in total. The maximum absolute atomic E-state index is 8.88. The van der Waals surface area contributed by atoms with Gasteiger partial charge in [0.1, 0.15) is 0 Å². The van der Waals surface area contributed by atoms with Gasteiger partial charge in [0.05, 0.1) is 0 Å². The van der Waals surface area contributed by atoms with E-state index in [0.717, 1.165) is 0 Å². The van der Waals surface area contributed by atoms with E-state index < -0.39 is 15.6 Å². The Morgan fingerprint density at radius 2 is 0.667 bits per heavy atom. The Morgan fingerprint density at radius 1 is 0.667 bits per heavy atom. The van der Waals surface area contributed by atoms with Crippen LogP contribution in [0.3, 0.4) is 0 Å². The molecule has 0 aromatic carbocycles. The summed E-state index contributed by atoms with van der Waals surface area (Å²) in [6, 6.07) is 0. The molecule has 0 bridgehead atoms. The van der Waals surface area contributed by atoms with Gasteiger partial charge in [0.25, 0.3) is 0 Å². The molecule has 12 heavy (non-hydrogen) atoms. The summed E-state index contributed by atoms with van der Waals surface area (Å²) in [5, 5.41) is 0. The first-order valence-electron chi connectivity index (χ1n) is 1.57. The molecule has 0 spiro atoms. The molecule has 0 aromatic heterocycles. The standard InChI is InChI=1S/Mg.2H3O4P.Zn.2H/c;2*1-5(2,3)4;;;/h;2*(H3,1,2,3,4);;;. The van der Waals surface area contributed by atoms with Crippen LogP contribution < -0.4 is 0 Å². The van der Waals surface area contributed by atoms with E-state index in [1.165, 1.54) is 0 Å². The smallest absolute Gasteiger partial charge is 0.303 e. The first kappa shape index (κ1) is 23.4. The van der Waals surface area contributed by atoms with Crippen molar-refractivity contribution in [2.45, 2.75) is 0 Å². The van der Waals surface area contributed by atoms with Crippen LogP contribution in [0.2, 0.25) is 0 Å². The van der Waals surface area contributed by atoms with Crippen molar-refractivity contribution in [3.8, 4) is 0 Å². The van der Waals surface area contributed by atoms with Crippen molar-refractivity contribution in [1.82, 2.24) is 0 Å². The second-order valence-electron chi connectivity index (χ2n) is 1.03. The van der Waals surface area contributed by atoms with Gasteiger partial charge in [-0.05, 0) is 0 Å². The number of phosphoric acid groups is 2. The first-order chi connectivity index (χ1) is 4.00. The van der Waals surface area contributed by atoms with Gasteiger partial charge >= 0.3 is 38.7 Å². The van der Waals surface area contributed by atoms with Crippen LogP contribution in [0.25, 0.3) is 0 Å². The molecule has 0 unspecified atom stereocenters. The van der Waals surface area contributed by atoms with Crippen LogP contribution in [-0.2, 0) is 28.6 Å². The first-order valence-corrected chi connectivity index (χ1v) is 4.70. The molecule has 70 valence electrons. The minimum absolute atomic E-state index is 0. The van der Waals surface area contributed by atoms with E-state index in [1.807, 2.05) is 0 Å². The van der Waals surface area contributed by atoms with Gasteiger partial charge in [-0.1, -0.05) is 0 Å². The summed E-state index contributed by atoms with van der Waals surface area (Å²) in [7, 11) is -9.28. The second-order valence-corrected chi connectivity index (χ2v) is 3.08. The number of rotatable bonds is 0. The van der Waals surface area contributed by atoms with Gasteiger partial charge in [-0.3, -0.25) is 0 Å². The van der Waals surface area contributed by atoms with Crippen LogP contribution >= 0.6 is 15.6 Å². The molecular formula is H8MgO8P2Zn. The van der Waals surface area contributed by atoms with E-state index in [9.17, 15) is 0 Å². The summed E-state index contributed by atoms with van der Waals surface area (Å²) in [5.74, 6) is 0. The summed E-state index contributed by atoms with van der Waals surface area (Å²) in [5.41, 5.74) is 0. The SMILES string of the molecule is O=P(O)(O)O.O=P(O)(O)O.[MgH2].[Zn]. The Bertz CT molecular complexity index is 129. The van der Waals surface area contributed by atoms with Gasteiger partial charge in [0.15, 0.2) is 0 Å². The third-order valence-electron chi connectivity index (χ3n) is 0. The van der Waals surface area contributed by atoms with Crippen LogP contribution in [0.4, 0.5) is 0 Å². The Labute approximate surface area is 96.4 Å². The Balaban J connectivity index is -0.0000000457. The Hall–Kier alpha value is 1.61. The van der Waals surface area contributed by atoms with Crippen molar-refractivity contribution in [2.24, 2.45) is 0 Å². The molecule has 0 atom stereocenters. The van der Waals surface area contributed by atoms with Crippen molar-refractivity contribution < 1.29 is 58.0 Å². The quantitative estimate of drug-likeness (QED) is 0.206. The van der Waals surface area contributed by atoms with Crippen LogP contribution in [-0.4, -0.2) is 52.4 Å². The Morgan fingerprint density at radius 3 is 0.667 bits per heavy atom. The van der Waals surface area contributed by atoms with Crippen molar-refractivity contribution in [1.29, 1.82) is 0 Å². The third-order valence-corrected chi connectivity index (χ3v) is 0. The predicted molar refractivity (Wildman–Crippen MR) is 37.1 cm³/mol. The van der Waals surface area contributed by atoms with E-state index >= 15 is 0 Å². The molecule has 0 aromatic rings. The number of hydrogen-bond acceptors (Lipinski definition) is 2.